The number of ether oxygens (including phenoxy) is 2. The molecule has 0 aromatic heterocycles. The summed E-state index contributed by atoms with van der Waals surface area (Å²) in [6.07, 6.45) is 2.78. The summed E-state index contributed by atoms with van der Waals surface area (Å²) in [5, 5.41) is 9.23. The Hall–Kier alpha value is -1.85. The largest absolute Gasteiger partial charge is 0.481 e. The van der Waals surface area contributed by atoms with Gasteiger partial charge in [0.25, 0.3) is 5.79 Å². The van der Waals surface area contributed by atoms with Crippen LogP contribution in [-0.2, 0) is 23.9 Å². The molecule has 1 fully saturated rings. The minimum atomic E-state index is -1.41. The maximum absolute atomic E-state index is 12.3. The zero-order valence-corrected chi connectivity index (χ0v) is 13.4. The Kier molecular flexibility index (Phi) is 6.14. The number of carbonyl (C=O) groups is 3. The fourth-order valence-corrected chi connectivity index (χ4v) is 2.45. The number of carbonyl (C=O) groups excluding carboxylic acids is 2. The van der Waals surface area contributed by atoms with Gasteiger partial charge in [-0.3, -0.25) is 9.59 Å². The zero-order chi connectivity index (χ0) is 16.9. The number of esters is 2. The molecule has 1 N–H and O–H groups in total. The van der Waals surface area contributed by atoms with Crippen molar-refractivity contribution in [1.82, 2.24) is 0 Å². The smallest absolute Gasteiger partial charge is 0.336 e. The molecule has 22 heavy (non-hydrogen) atoms. The van der Waals surface area contributed by atoms with Crippen molar-refractivity contribution in [2.45, 2.75) is 58.7 Å². The average Bonchev–Trinajstić information content (AvgIpc) is 2.46. The predicted octanol–water partition coefficient (Wildman–Crippen LogP) is 2.67. The van der Waals surface area contributed by atoms with Crippen molar-refractivity contribution in [3.63, 3.8) is 0 Å². The first-order valence-corrected chi connectivity index (χ1v) is 7.54. The Balaban J connectivity index is 2.80. The fourth-order valence-electron chi connectivity index (χ4n) is 2.45. The summed E-state index contributed by atoms with van der Waals surface area (Å²) >= 11 is 0. The van der Waals surface area contributed by atoms with E-state index in [2.05, 4.69) is 6.58 Å². The molecule has 1 saturated carbocycles. The topological polar surface area (TPSA) is 89.9 Å². The highest BCUT2D eigenvalue weighted by atomic mass is 16.7. The molecular weight excluding hydrogens is 288 g/mol. The second kappa shape index (κ2) is 7.42. The molecule has 6 heteroatoms. The van der Waals surface area contributed by atoms with Gasteiger partial charge in [-0.25, -0.2) is 4.79 Å². The molecule has 0 heterocycles. The van der Waals surface area contributed by atoms with Gasteiger partial charge in [0.2, 0.25) is 0 Å². The van der Waals surface area contributed by atoms with E-state index in [1.807, 2.05) is 0 Å². The number of rotatable bonds is 6. The molecule has 1 aliphatic rings. The molecule has 3 unspecified atom stereocenters. The molecule has 0 saturated heterocycles. The van der Waals surface area contributed by atoms with Crippen LogP contribution in [0.4, 0.5) is 0 Å². The van der Waals surface area contributed by atoms with E-state index in [1.165, 1.54) is 13.8 Å². The molecule has 1 rings (SSSR count). The third-order valence-electron chi connectivity index (χ3n) is 4.00. The van der Waals surface area contributed by atoms with Crippen LogP contribution in [0.3, 0.4) is 0 Å². The molecule has 124 valence electrons. The second-order valence-corrected chi connectivity index (χ2v) is 5.91. The number of carboxylic acid groups (broad SMARTS) is 1. The molecule has 0 radical (unpaired) electrons. The lowest BCUT2D eigenvalue weighted by Gasteiger charge is -2.32. The van der Waals surface area contributed by atoms with Crippen molar-refractivity contribution in [1.29, 1.82) is 0 Å². The van der Waals surface area contributed by atoms with Gasteiger partial charge in [-0.2, -0.15) is 0 Å². The number of carboxylic acids is 1. The quantitative estimate of drug-likeness (QED) is 0.461. The summed E-state index contributed by atoms with van der Waals surface area (Å²) in [4.78, 5) is 35.2. The van der Waals surface area contributed by atoms with Gasteiger partial charge in [0, 0.05) is 18.9 Å². The van der Waals surface area contributed by atoms with Crippen LogP contribution in [0, 0.1) is 11.8 Å². The molecule has 1 aliphatic carbocycles. The van der Waals surface area contributed by atoms with Gasteiger partial charge in [-0.05, 0) is 19.8 Å². The van der Waals surface area contributed by atoms with E-state index in [-0.39, 0.29) is 12.0 Å². The second-order valence-electron chi connectivity index (χ2n) is 5.91. The molecule has 3 atom stereocenters. The SMILES string of the molecule is C=C(C)C(=O)OC(C)(CC)OC(=O)C1CCCCC1C(=O)O. The van der Waals surface area contributed by atoms with Crippen molar-refractivity contribution in [2.24, 2.45) is 11.8 Å². The Morgan fingerprint density at radius 3 is 2.18 bits per heavy atom. The summed E-state index contributed by atoms with van der Waals surface area (Å²) in [5.74, 6) is -5.09. The summed E-state index contributed by atoms with van der Waals surface area (Å²) < 4.78 is 10.5. The van der Waals surface area contributed by atoms with Crippen LogP contribution >= 0.6 is 0 Å². The third kappa shape index (κ3) is 4.58. The molecule has 0 amide bonds. The van der Waals surface area contributed by atoms with Crippen LogP contribution in [0.2, 0.25) is 0 Å². The average molecular weight is 312 g/mol. The Labute approximate surface area is 130 Å². The normalized spacial score (nSPS) is 24.0. The predicted molar refractivity (Wildman–Crippen MR) is 78.8 cm³/mol. The van der Waals surface area contributed by atoms with Crippen molar-refractivity contribution >= 4 is 17.9 Å². The molecule has 0 aromatic carbocycles. The summed E-state index contributed by atoms with van der Waals surface area (Å²) in [6, 6.07) is 0. The Morgan fingerprint density at radius 2 is 1.73 bits per heavy atom. The lowest BCUT2D eigenvalue weighted by Crippen LogP contribution is -2.42. The van der Waals surface area contributed by atoms with Gasteiger partial charge in [0.15, 0.2) is 0 Å². The van der Waals surface area contributed by atoms with E-state index < -0.39 is 35.5 Å². The van der Waals surface area contributed by atoms with E-state index in [0.29, 0.717) is 12.8 Å². The van der Waals surface area contributed by atoms with Crippen molar-refractivity contribution in [3.05, 3.63) is 12.2 Å². The molecular formula is C16H24O6. The first-order valence-electron chi connectivity index (χ1n) is 7.54. The van der Waals surface area contributed by atoms with Gasteiger partial charge in [-0.1, -0.05) is 26.3 Å². The fraction of sp³-hybridized carbons (Fsp3) is 0.688. The van der Waals surface area contributed by atoms with Crippen LogP contribution in [0.5, 0.6) is 0 Å². The van der Waals surface area contributed by atoms with Gasteiger partial charge in [0.1, 0.15) is 0 Å². The Bertz CT molecular complexity index is 469. The van der Waals surface area contributed by atoms with Crippen LogP contribution in [-0.4, -0.2) is 28.8 Å². The number of hydrogen-bond donors (Lipinski definition) is 1. The van der Waals surface area contributed by atoms with Crippen molar-refractivity contribution in [2.75, 3.05) is 0 Å². The first-order chi connectivity index (χ1) is 10.2. The highest BCUT2D eigenvalue weighted by Crippen LogP contribution is 2.33. The minimum absolute atomic E-state index is 0.205. The van der Waals surface area contributed by atoms with Gasteiger partial charge in [0.05, 0.1) is 11.8 Å². The zero-order valence-electron chi connectivity index (χ0n) is 13.4. The van der Waals surface area contributed by atoms with Gasteiger partial charge in [-0.15, -0.1) is 0 Å². The van der Waals surface area contributed by atoms with Crippen LogP contribution < -0.4 is 0 Å². The standard InChI is InChI=1S/C16H24O6/c1-5-16(4,21-14(19)10(2)3)22-15(20)12-9-7-6-8-11(12)13(17)18/h11-12H,2,5-9H2,1,3-4H3,(H,17,18). The molecule has 0 aliphatic heterocycles. The van der Waals surface area contributed by atoms with E-state index in [1.54, 1.807) is 6.92 Å². The van der Waals surface area contributed by atoms with Crippen molar-refractivity contribution < 1.29 is 29.0 Å². The van der Waals surface area contributed by atoms with Gasteiger partial charge < -0.3 is 14.6 Å². The first kappa shape index (κ1) is 18.2. The Morgan fingerprint density at radius 1 is 1.18 bits per heavy atom. The maximum Gasteiger partial charge on any atom is 0.336 e. The van der Waals surface area contributed by atoms with E-state index in [9.17, 15) is 19.5 Å². The maximum atomic E-state index is 12.3. The summed E-state index contributed by atoms with van der Waals surface area (Å²) in [7, 11) is 0. The lowest BCUT2D eigenvalue weighted by atomic mass is 9.79. The monoisotopic (exact) mass is 312 g/mol. The number of aliphatic carboxylic acids is 1. The van der Waals surface area contributed by atoms with Crippen LogP contribution in [0.1, 0.15) is 52.9 Å². The molecule has 0 bridgehead atoms. The van der Waals surface area contributed by atoms with Crippen LogP contribution in [0.15, 0.2) is 12.2 Å². The van der Waals surface area contributed by atoms with E-state index in [0.717, 1.165) is 12.8 Å². The molecule has 0 aromatic rings. The minimum Gasteiger partial charge on any atom is -0.481 e. The third-order valence-corrected chi connectivity index (χ3v) is 4.00. The van der Waals surface area contributed by atoms with Crippen molar-refractivity contribution in [3.8, 4) is 0 Å². The summed E-state index contributed by atoms with van der Waals surface area (Å²) in [5.41, 5.74) is 0.205. The van der Waals surface area contributed by atoms with Gasteiger partial charge >= 0.3 is 17.9 Å². The molecule has 6 nitrogen and oxygen atoms in total. The van der Waals surface area contributed by atoms with E-state index >= 15 is 0 Å². The summed E-state index contributed by atoms with van der Waals surface area (Å²) in [6.45, 7) is 8.19. The highest BCUT2D eigenvalue weighted by Gasteiger charge is 2.40. The number of hydrogen-bond acceptors (Lipinski definition) is 5. The lowest BCUT2D eigenvalue weighted by molar-refractivity contribution is -0.226. The van der Waals surface area contributed by atoms with E-state index in [4.69, 9.17) is 9.47 Å². The van der Waals surface area contributed by atoms with Crippen LogP contribution in [0.25, 0.3) is 0 Å². The molecule has 0 spiro atoms. The highest BCUT2D eigenvalue weighted by molar-refractivity contribution is 5.87.